The van der Waals surface area contributed by atoms with Crippen molar-refractivity contribution in [2.24, 2.45) is 5.73 Å². The van der Waals surface area contributed by atoms with Gasteiger partial charge in [0.1, 0.15) is 11.6 Å². The summed E-state index contributed by atoms with van der Waals surface area (Å²) >= 11 is 0. The number of carbonyl (C=O) groups is 1. The quantitative estimate of drug-likeness (QED) is 0.891. The molecule has 1 fully saturated rings. The van der Waals surface area contributed by atoms with E-state index in [4.69, 9.17) is 5.73 Å². The van der Waals surface area contributed by atoms with E-state index in [2.05, 4.69) is 5.32 Å². The molecular formula is C13H18ClF2N3O. The molecule has 1 amide bonds. The van der Waals surface area contributed by atoms with Crippen molar-refractivity contribution in [3.05, 3.63) is 29.8 Å². The van der Waals surface area contributed by atoms with E-state index in [0.29, 0.717) is 6.54 Å². The number of carbonyl (C=O) groups excluding carboxylic acids is 1. The molecule has 4 nitrogen and oxygen atoms in total. The third kappa shape index (κ3) is 4.13. The minimum Gasteiger partial charge on any atom is -0.329 e. The summed E-state index contributed by atoms with van der Waals surface area (Å²) in [6.45, 7) is 1.51. The van der Waals surface area contributed by atoms with E-state index in [9.17, 15) is 13.6 Å². The Hall–Kier alpha value is -1.24. The van der Waals surface area contributed by atoms with Gasteiger partial charge in [-0.05, 0) is 31.5 Å². The molecule has 1 saturated heterocycles. The Kier molecular flexibility index (Phi) is 6.32. The summed E-state index contributed by atoms with van der Waals surface area (Å²) < 4.78 is 26.1. The molecule has 2 rings (SSSR count). The van der Waals surface area contributed by atoms with E-state index in [-0.39, 0.29) is 36.6 Å². The molecular weight excluding hydrogens is 288 g/mol. The maximum atomic E-state index is 13.4. The SMILES string of the molecule is Cl.NCC1CCCN1CC(=O)Nc1ccc(F)cc1F. The van der Waals surface area contributed by atoms with Gasteiger partial charge in [-0.1, -0.05) is 0 Å². The number of anilines is 1. The van der Waals surface area contributed by atoms with Crippen molar-refractivity contribution in [1.29, 1.82) is 0 Å². The van der Waals surface area contributed by atoms with Crippen LogP contribution in [0.25, 0.3) is 0 Å². The van der Waals surface area contributed by atoms with Gasteiger partial charge in [0.15, 0.2) is 0 Å². The van der Waals surface area contributed by atoms with Gasteiger partial charge in [0.25, 0.3) is 0 Å². The number of hydrogen-bond donors (Lipinski definition) is 2. The highest BCUT2D eigenvalue weighted by molar-refractivity contribution is 5.92. The fraction of sp³-hybridized carbons (Fsp3) is 0.462. The van der Waals surface area contributed by atoms with Gasteiger partial charge in [0.05, 0.1) is 12.2 Å². The molecule has 0 saturated carbocycles. The first-order valence-corrected chi connectivity index (χ1v) is 6.29. The molecule has 1 aromatic carbocycles. The van der Waals surface area contributed by atoms with Crippen molar-refractivity contribution in [3.63, 3.8) is 0 Å². The number of nitrogens with two attached hydrogens (primary N) is 1. The monoisotopic (exact) mass is 305 g/mol. The Bertz CT molecular complexity index is 473. The Morgan fingerprint density at radius 2 is 2.20 bits per heavy atom. The van der Waals surface area contributed by atoms with E-state index >= 15 is 0 Å². The van der Waals surface area contributed by atoms with Crippen molar-refractivity contribution < 1.29 is 13.6 Å². The number of amides is 1. The first kappa shape index (κ1) is 16.8. The standard InChI is InChI=1S/C13H17F2N3O.ClH/c14-9-3-4-12(11(15)6-9)17-13(19)8-18-5-1-2-10(18)7-16;/h3-4,6,10H,1-2,5,7-8,16H2,(H,17,19);1H. The number of likely N-dealkylation sites (tertiary alicyclic amines) is 1. The molecule has 0 spiro atoms. The number of halogens is 3. The second-order valence-electron chi connectivity index (χ2n) is 4.67. The van der Waals surface area contributed by atoms with Gasteiger partial charge >= 0.3 is 0 Å². The molecule has 1 aliphatic heterocycles. The third-order valence-electron chi connectivity index (χ3n) is 3.32. The van der Waals surface area contributed by atoms with Crippen LogP contribution in [0.4, 0.5) is 14.5 Å². The molecule has 7 heteroatoms. The van der Waals surface area contributed by atoms with E-state index in [1.807, 2.05) is 4.90 Å². The number of benzene rings is 1. The second kappa shape index (κ2) is 7.52. The molecule has 1 atom stereocenters. The minimum atomic E-state index is -0.773. The van der Waals surface area contributed by atoms with Gasteiger partial charge < -0.3 is 11.1 Å². The number of nitrogens with one attached hydrogen (secondary N) is 1. The second-order valence-corrected chi connectivity index (χ2v) is 4.67. The van der Waals surface area contributed by atoms with Crippen LogP contribution in [0.1, 0.15) is 12.8 Å². The Balaban J connectivity index is 0.00000200. The molecule has 1 aromatic rings. The van der Waals surface area contributed by atoms with Crippen LogP contribution in [0, 0.1) is 11.6 Å². The van der Waals surface area contributed by atoms with Crippen molar-refractivity contribution in [2.75, 3.05) is 25.0 Å². The molecule has 0 aliphatic carbocycles. The van der Waals surface area contributed by atoms with Crippen LogP contribution in [0.2, 0.25) is 0 Å². The van der Waals surface area contributed by atoms with Crippen LogP contribution in [0.15, 0.2) is 18.2 Å². The van der Waals surface area contributed by atoms with Gasteiger partial charge in [-0.2, -0.15) is 0 Å². The molecule has 1 aliphatic rings. The lowest BCUT2D eigenvalue weighted by Crippen LogP contribution is -2.40. The van der Waals surface area contributed by atoms with Gasteiger partial charge in [-0.25, -0.2) is 8.78 Å². The summed E-state index contributed by atoms with van der Waals surface area (Å²) in [5.74, 6) is -1.76. The minimum absolute atomic E-state index is 0. The van der Waals surface area contributed by atoms with Crippen LogP contribution < -0.4 is 11.1 Å². The number of rotatable bonds is 4. The van der Waals surface area contributed by atoms with Gasteiger partial charge in [-0.3, -0.25) is 9.69 Å². The summed E-state index contributed by atoms with van der Waals surface area (Å²) in [6.07, 6.45) is 1.99. The fourth-order valence-corrected chi connectivity index (χ4v) is 2.34. The van der Waals surface area contributed by atoms with Crippen molar-refractivity contribution in [3.8, 4) is 0 Å². The van der Waals surface area contributed by atoms with E-state index < -0.39 is 11.6 Å². The van der Waals surface area contributed by atoms with Crippen LogP contribution in [0.5, 0.6) is 0 Å². The zero-order chi connectivity index (χ0) is 13.8. The van der Waals surface area contributed by atoms with Crippen LogP contribution in [0.3, 0.4) is 0 Å². The topological polar surface area (TPSA) is 58.4 Å². The first-order valence-electron chi connectivity index (χ1n) is 6.29. The van der Waals surface area contributed by atoms with Gasteiger partial charge in [-0.15, -0.1) is 12.4 Å². The molecule has 1 unspecified atom stereocenters. The van der Waals surface area contributed by atoms with E-state index in [1.54, 1.807) is 0 Å². The van der Waals surface area contributed by atoms with Crippen LogP contribution >= 0.6 is 12.4 Å². The lowest BCUT2D eigenvalue weighted by atomic mass is 10.2. The van der Waals surface area contributed by atoms with Crippen molar-refractivity contribution in [2.45, 2.75) is 18.9 Å². The normalized spacial score (nSPS) is 18.6. The molecule has 20 heavy (non-hydrogen) atoms. The van der Waals surface area contributed by atoms with E-state index in [0.717, 1.165) is 31.5 Å². The highest BCUT2D eigenvalue weighted by Crippen LogP contribution is 2.17. The number of nitrogens with zero attached hydrogens (tertiary/aromatic N) is 1. The summed E-state index contributed by atoms with van der Waals surface area (Å²) in [4.78, 5) is 13.8. The maximum absolute atomic E-state index is 13.4. The molecule has 112 valence electrons. The Morgan fingerprint density at radius 1 is 1.45 bits per heavy atom. The Morgan fingerprint density at radius 3 is 2.85 bits per heavy atom. The largest absolute Gasteiger partial charge is 0.329 e. The fourth-order valence-electron chi connectivity index (χ4n) is 2.34. The lowest BCUT2D eigenvalue weighted by Gasteiger charge is -2.22. The summed E-state index contributed by atoms with van der Waals surface area (Å²) in [5, 5.41) is 2.45. The first-order chi connectivity index (χ1) is 9.10. The van der Waals surface area contributed by atoms with Crippen LogP contribution in [-0.2, 0) is 4.79 Å². The average Bonchev–Trinajstić information content (AvgIpc) is 2.80. The average molecular weight is 306 g/mol. The zero-order valence-electron chi connectivity index (χ0n) is 10.9. The molecule has 0 aromatic heterocycles. The van der Waals surface area contributed by atoms with Gasteiger partial charge in [0.2, 0.25) is 5.91 Å². The van der Waals surface area contributed by atoms with E-state index in [1.165, 1.54) is 6.07 Å². The molecule has 0 radical (unpaired) electrons. The zero-order valence-corrected chi connectivity index (χ0v) is 11.8. The highest BCUT2D eigenvalue weighted by Gasteiger charge is 2.25. The smallest absolute Gasteiger partial charge is 0.238 e. The summed E-state index contributed by atoms with van der Waals surface area (Å²) in [6, 6.07) is 3.28. The lowest BCUT2D eigenvalue weighted by molar-refractivity contribution is -0.117. The molecule has 3 N–H and O–H groups in total. The van der Waals surface area contributed by atoms with Crippen LogP contribution in [-0.4, -0.2) is 36.5 Å². The molecule has 0 bridgehead atoms. The summed E-state index contributed by atoms with van der Waals surface area (Å²) in [5.41, 5.74) is 5.61. The molecule has 1 heterocycles. The highest BCUT2D eigenvalue weighted by atomic mass is 35.5. The van der Waals surface area contributed by atoms with Crippen molar-refractivity contribution in [1.82, 2.24) is 4.90 Å². The predicted molar refractivity (Wildman–Crippen MR) is 75.9 cm³/mol. The Labute approximate surface area is 122 Å². The van der Waals surface area contributed by atoms with Gasteiger partial charge in [0, 0.05) is 18.7 Å². The van der Waals surface area contributed by atoms with Crippen molar-refractivity contribution >= 4 is 24.0 Å². The number of hydrogen-bond acceptors (Lipinski definition) is 3. The third-order valence-corrected chi connectivity index (χ3v) is 3.32. The summed E-state index contributed by atoms with van der Waals surface area (Å²) in [7, 11) is 0. The predicted octanol–water partition coefficient (Wildman–Crippen LogP) is 1.75. The maximum Gasteiger partial charge on any atom is 0.238 e.